The number of fused-ring (bicyclic) bond motifs is 5. The first-order chi connectivity index (χ1) is 14.8. The number of Topliss-reactive ketones (excluding diaryl/α,β-unsaturated/α-hetero) is 2. The van der Waals surface area contributed by atoms with Gasteiger partial charge < -0.3 is 5.73 Å². The Hall–Kier alpha value is -2.60. The fraction of sp³-hybridized carbons (Fsp3) is 0.500. The maximum absolute atomic E-state index is 12.8. The minimum Gasteiger partial charge on any atom is -0.398 e. The lowest BCUT2D eigenvalue weighted by Gasteiger charge is -2.55. The van der Waals surface area contributed by atoms with E-state index >= 15 is 0 Å². The van der Waals surface area contributed by atoms with E-state index in [-0.39, 0.29) is 16.6 Å². The van der Waals surface area contributed by atoms with E-state index in [2.05, 4.69) is 37.8 Å². The maximum atomic E-state index is 12.8. The van der Waals surface area contributed by atoms with Gasteiger partial charge in [0, 0.05) is 28.7 Å². The molecule has 160 valence electrons. The van der Waals surface area contributed by atoms with Crippen LogP contribution in [0.3, 0.4) is 0 Å². The molecule has 1 aromatic rings. The molecule has 0 amide bonds. The summed E-state index contributed by atoms with van der Waals surface area (Å²) in [6, 6.07) is 7.39. The standard InChI is InChI=1S/C28H31NO2/c1-27-15-13-19(25(30)11-7-18-5-3-4-6-24(18)29)17-20(27)8-9-21-22-10-12-26(31)28(22,2)16-14-23(21)27/h3-6,8,17,21-23H,9-10,12-16,29H2,1-2H3/t21-,22-,23-,27-,28-/m0/s1. The molecule has 3 heteroatoms. The molecule has 0 aliphatic heterocycles. The average Bonchev–Trinajstić information content (AvgIpc) is 3.07. The van der Waals surface area contributed by atoms with Gasteiger partial charge in [0.1, 0.15) is 5.78 Å². The number of hydrogen-bond acceptors (Lipinski definition) is 3. The second kappa shape index (κ2) is 7.23. The van der Waals surface area contributed by atoms with Gasteiger partial charge in [0.25, 0.3) is 0 Å². The fourth-order valence-corrected chi connectivity index (χ4v) is 7.09. The topological polar surface area (TPSA) is 60.2 Å². The number of carbonyl (C=O) groups is 2. The lowest BCUT2D eigenvalue weighted by atomic mass is 9.48. The predicted octanol–water partition coefficient (Wildman–Crippen LogP) is 5.26. The quantitative estimate of drug-likeness (QED) is 0.505. The lowest BCUT2D eigenvalue weighted by molar-refractivity contribution is -0.131. The average molecular weight is 414 g/mol. The number of hydrogen-bond donors (Lipinski definition) is 1. The SMILES string of the molecule is C[C@]12CCC(C(=O)C#Cc3ccccc3N)=CC1=CC[C@@H]1[C@@H]2CC[C@]2(C)C(=O)CC[C@@H]12. The summed E-state index contributed by atoms with van der Waals surface area (Å²) in [7, 11) is 0. The second-order valence-electron chi connectivity index (χ2n) is 10.4. The van der Waals surface area contributed by atoms with Crippen molar-refractivity contribution in [1.29, 1.82) is 0 Å². The summed E-state index contributed by atoms with van der Waals surface area (Å²) in [6.45, 7) is 4.61. The fourth-order valence-electron chi connectivity index (χ4n) is 7.09. The molecule has 0 spiro atoms. The van der Waals surface area contributed by atoms with Crippen molar-refractivity contribution >= 4 is 17.3 Å². The number of para-hydroxylation sites is 1. The molecule has 0 saturated heterocycles. The van der Waals surface area contributed by atoms with Crippen molar-refractivity contribution in [3.05, 3.63) is 53.1 Å². The summed E-state index contributed by atoms with van der Waals surface area (Å²) in [6.07, 6.45) is 11.3. The van der Waals surface area contributed by atoms with Crippen molar-refractivity contribution in [2.45, 2.75) is 58.8 Å². The molecular formula is C28H31NO2. The summed E-state index contributed by atoms with van der Waals surface area (Å²) in [4.78, 5) is 25.4. The number of carbonyl (C=O) groups excluding carboxylic acids is 2. The van der Waals surface area contributed by atoms with Crippen molar-refractivity contribution < 1.29 is 9.59 Å². The summed E-state index contributed by atoms with van der Waals surface area (Å²) >= 11 is 0. The van der Waals surface area contributed by atoms with Gasteiger partial charge in [-0.3, -0.25) is 9.59 Å². The van der Waals surface area contributed by atoms with E-state index in [0.29, 0.717) is 34.8 Å². The summed E-state index contributed by atoms with van der Waals surface area (Å²) in [5.74, 6) is 7.91. The van der Waals surface area contributed by atoms with Crippen LogP contribution >= 0.6 is 0 Å². The van der Waals surface area contributed by atoms with Crippen LogP contribution in [-0.4, -0.2) is 11.6 Å². The van der Waals surface area contributed by atoms with Gasteiger partial charge in [0.15, 0.2) is 0 Å². The van der Waals surface area contributed by atoms with Crippen LogP contribution in [-0.2, 0) is 9.59 Å². The monoisotopic (exact) mass is 413 g/mol. The third-order valence-corrected chi connectivity index (χ3v) is 9.04. The van der Waals surface area contributed by atoms with E-state index in [1.807, 2.05) is 18.2 Å². The highest BCUT2D eigenvalue weighted by molar-refractivity contribution is 6.09. The van der Waals surface area contributed by atoms with Gasteiger partial charge in [-0.1, -0.05) is 44.1 Å². The van der Waals surface area contributed by atoms with Crippen molar-refractivity contribution in [3.63, 3.8) is 0 Å². The van der Waals surface area contributed by atoms with Gasteiger partial charge >= 0.3 is 0 Å². The number of benzene rings is 1. The normalized spacial score (nSPS) is 36.2. The molecule has 5 rings (SSSR count). The van der Waals surface area contributed by atoms with E-state index in [9.17, 15) is 9.59 Å². The summed E-state index contributed by atoms with van der Waals surface area (Å²) in [5, 5.41) is 0. The Labute approximate surface area is 185 Å². The molecule has 0 aromatic heterocycles. The zero-order valence-electron chi connectivity index (χ0n) is 18.5. The molecule has 2 N–H and O–H groups in total. The van der Waals surface area contributed by atoms with Crippen LogP contribution in [0.2, 0.25) is 0 Å². The van der Waals surface area contributed by atoms with Crippen molar-refractivity contribution in [1.82, 2.24) is 0 Å². The van der Waals surface area contributed by atoms with Crippen molar-refractivity contribution in [2.24, 2.45) is 28.6 Å². The van der Waals surface area contributed by atoms with Gasteiger partial charge in [-0.05, 0) is 85.3 Å². The Balaban J connectivity index is 1.41. The van der Waals surface area contributed by atoms with E-state index in [1.54, 1.807) is 6.07 Å². The molecular weight excluding hydrogens is 382 g/mol. The highest BCUT2D eigenvalue weighted by Crippen LogP contribution is 2.63. The third kappa shape index (κ3) is 3.11. The molecule has 3 nitrogen and oxygen atoms in total. The van der Waals surface area contributed by atoms with Crippen LogP contribution in [0.15, 0.2) is 47.6 Å². The zero-order valence-corrected chi connectivity index (χ0v) is 18.5. The van der Waals surface area contributed by atoms with Crippen LogP contribution in [0.5, 0.6) is 0 Å². The van der Waals surface area contributed by atoms with Crippen LogP contribution in [0.4, 0.5) is 5.69 Å². The highest BCUT2D eigenvalue weighted by atomic mass is 16.1. The molecule has 4 aliphatic rings. The molecule has 5 atom stereocenters. The van der Waals surface area contributed by atoms with Gasteiger partial charge in [-0.2, -0.15) is 0 Å². The molecule has 0 bridgehead atoms. The Morgan fingerprint density at radius 1 is 1.06 bits per heavy atom. The highest BCUT2D eigenvalue weighted by Gasteiger charge is 2.58. The molecule has 2 fully saturated rings. The van der Waals surface area contributed by atoms with E-state index in [4.69, 9.17) is 5.73 Å². The molecule has 4 aliphatic carbocycles. The molecule has 1 aromatic carbocycles. The zero-order chi connectivity index (χ0) is 21.8. The molecule has 2 saturated carbocycles. The first-order valence-corrected chi connectivity index (χ1v) is 11.7. The van der Waals surface area contributed by atoms with Crippen molar-refractivity contribution in [3.8, 4) is 11.8 Å². The largest absolute Gasteiger partial charge is 0.398 e. The Morgan fingerprint density at radius 3 is 2.65 bits per heavy atom. The van der Waals surface area contributed by atoms with Crippen LogP contribution < -0.4 is 5.73 Å². The van der Waals surface area contributed by atoms with Gasteiger partial charge in [-0.25, -0.2) is 0 Å². The predicted molar refractivity (Wildman–Crippen MR) is 123 cm³/mol. The van der Waals surface area contributed by atoms with Crippen molar-refractivity contribution in [2.75, 3.05) is 5.73 Å². The number of allylic oxidation sites excluding steroid dienone is 4. The third-order valence-electron chi connectivity index (χ3n) is 9.04. The minimum absolute atomic E-state index is 0.0917. The number of ketones is 2. The second-order valence-corrected chi connectivity index (χ2v) is 10.4. The maximum Gasteiger partial charge on any atom is 0.232 e. The Morgan fingerprint density at radius 2 is 1.84 bits per heavy atom. The lowest BCUT2D eigenvalue weighted by Crippen LogP contribution is -2.49. The van der Waals surface area contributed by atoms with E-state index in [1.165, 1.54) is 5.57 Å². The smallest absolute Gasteiger partial charge is 0.232 e. The Bertz CT molecular complexity index is 1080. The van der Waals surface area contributed by atoms with Gasteiger partial charge in [-0.15, -0.1) is 0 Å². The minimum atomic E-state index is -0.0939. The van der Waals surface area contributed by atoms with Gasteiger partial charge in [0.05, 0.1) is 0 Å². The number of rotatable bonds is 1. The number of nitrogens with two attached hydrogens (primary N) is 1. The Kier molecular flexibility index (Phi) is 4.74. The van der Waals surface area contributed by atoms with E-state index < -0.39 is 0 Å². The molecule has 31 heavy (non-hydrogen) atoms. The van der Waals surface area contributed by atoms with Crippen LogP contribution in [0.25, 0.3) is 0 Å². The first-order valence-electron chi connectivity index (χ1n) is 11.7. The van der Waals surface area contributed by atoms with Crippen LogP contribution in [0.1, 0.15) is 64.4 Å². The summed E-state index contributed by atoms with van der Waals surface area (Å²) in [5.41, 5.74) is 9.40. The summed E-state index contributed by atoms with van der Waals surface area (Å²) < 4.78 is 0. The number of anilines is 1. The molecule has 0 unspecified atom stereocenters. The van der Waals surface area contributed by atoms with Crippen LogP contribution in [0, 0.1) is 40.4 Å². The molecule has 0 radical (unpaired) electrons. The van der Waals surface area contributed by atoms with Gasteiger partial charge in [0.2, 0.25) is 5.78 Å². The number of nitrogen functional groups attached to an aromatic ring is 1. The van der Waals surface area contributed by atoms with E-state index in [0.717, 1.165) is 50.5 Å². The molecule has 0 heterocycles. The first kappa shape index (κ1) is 20.3.